The van der Waals surface area contributed by atoms with Gasteiger partial charge in [-0.05, 0) is 54.3 Å². The maximum absolute atomic E-state index is 12.2. The lowest BCUT2D eigenvalue weighted by Crippen LogP contribution is -2.20. The summed E-state index contributed by atoms with van der Waals surface area (Å²) in [6.45, 7) is 4.47. The lowest BCUT2D eigenvalue weighted by atomic mass is 10.0. The van der Waals surface area contributed by atoms with Crippen molar-refractivity contribution in [1.82, 2.24) is 5.43 Å². The summed E-state index contributed by atoms with van der Waals surface area (Å²) in [4.78, 5) is 12.2. The smallest absolute Gasteiger partial charge is 0.244 e. The Balaban J connectivity index is 1.58. The molecule has 0 unspecified atom stereocenters. The molecule has 3 aromatic rings. The van der Waals surface area contributed by atoms with Crippen molar-refractivity contribution >= 4 is 12.1 Å². The van der Waals surface area contributed by atoms with Crippen LogP contribution in [0.1, 0.15) is 27.8 Å². The summed E-state index contributed by atoms with van der Waals surface area (Å²) in [7, 11) is 1.59. The molecule has 0 saturated heterocycles. The van der Waals surface area contributed by atoms with Crippen molar-refractivity contribution in [2.45, 2.75) is 26.9 Å². The van der Waals surface area contributed by atoms with E-state index in [0.717, 1.165) is 27.8 Å². The van der Waals surface area contributed by atoms with Crippen LogP contribution in [0, 0.1) is 13.8 Å². The molecule has 0 fully saturated rings. The molecular weight excluding hydrogens is 376 g/mol. The number of hydrazone groups is 1. The number of amides is 1. The van der Waals surface area contributed by atoms with Gasteiger partial charge in [-0.15, -0.1) is 0 Å². The molecule has 5 heteroatoms. The fourth-order valence-electron chi connectivity index (χ4n) is 3.00. The third-order valence-corrected chi connectivity index (χ3v) is 4.68. The summed E-state index contributed by atoms with van der Waals surface area (Å²) in [5, 5.41) is 4.07. The molecule has 0 spiro atoms. The molecule has 0 aromatic heterocycles. The lowest BCUT2D eigenvalue weighted by Gasteiger charge is -2.11. The lowest BCUT2D eigenvalue weighted by molar-refractivity contribution is -0.120. The van der Waals surface area contributed by atoms with Crippen LogP contribution in [0.2, 0.25) is 0 Å². The van der Waals surface area contributed by atoms with Crippen LogP contribution < -0.4 is 14.9 Å². The van der Waals surface area contributed by atoms with Gasteiger partial charge in [-0.3, -0.25) is 4.79 Å². The van der Waals surface area contributed by atoms with Crippen molar-refractivity contribution in [2.75, 3.05) is 7.11 Å². The number of aryl methyl sites for hydroxylation is 2. The van der Waals surface area contributed by atoms with Gasteiger partial charge in [-0.25, -0.2) is 5.43 Å². The molecule has 0 saturated carbocycles. The SMILES string of the molecule is COc1cc(/C=N/NC(=O)Cc2cc(C)ccc2C)ccc1OCc1ccccc1. The summed E-state index contributed by atoms with van der Waals surface area (Å²) < 4.78 is 11.3. The first-order valence-electron chi connectivity index (χ1n) is 9.78. The van der Waals surface area contributed by atoms with E-state index in [1.54, 1.807) is 13.3 Å². The van der Waals surface area contributed by atoms with Crippen LogP contribution in [-0.2, 0) is 17.8 Å². The van der Waals surface area contributed by atoms with Crippen LogP contribution in [0.4, 0.5) is 0 Å². The van der Waals surface area contributed by atoms with Gasteiger partial charge < -0.3 is 9.47 Å². The van der Waals surface area contributed by atoms with Crippen LogP contribution >= 0.6 is 0 Å². The first-order valence-corrected chi connectivity index (χ1v) is 9.78. The fourth-order valence-corrected chi connectivity index (χ4v) is 3.00. The minimum Gasteiger partial charge on any atom is -0.493 e. The molecular formula is C25H26N2O3. The van der Waals surface area contributed by atoms with Gasteiger partial charge in [0.05, 0.1) is 19.7 Å². The normalized spacial score (nSPS) is 10.8. The Labute approximate surface area is 177 Å². The van der Waals surface area contributed by atoms with Crippen LogP contribution in [0.3, 0.4) is 0 Å². The van der Waals surface area contributed by atoms with Gasteiger partial charge in [0.15, 0.2) is 11.5 Å². The number of carbonyl (C=O) groups excluding carboxylic acids is 1. The van der Waals surface area contributed by atoms with Gasteiger partial charge in [0, 0.05) is 0 Å². The molecule has 0 bridgehead atoms. The van der Waals surface area contributed by atoms with E-state index in [1.807, 2.05) is 80.6 Å². The summed E-state index contributed by atoms with van der Waals surface area (Å²) in [5.74, 6) is 1.10. The standard InChI is InChI=1S/C25H26N2O3/c1-18-9-10-19(2)22(13-18)15-25(28)27-26-16-21-11-12-23(24(14-21)29-3)30-17-20-7-5-4-6-8-20/h4-14,16H,15,17H2,1-3H3,(H,27,28)/b26-16+. The van der Waals surface area contributed by atoms with Gasteiger partial charge >= 0.3 is 0 Å². The van der Waals surface area contributed by atoms with E-state index >= 15 is 0 Å². The average molecular weight is 402 g/mol. The predicted molar refractivity (Wildman–Crippen MR) is 119 cm³/mol. The summed E-state index contributed by atoms with van der Waals surface area (Å²) in [5.41, 5.74) is 7.69. The van der Waals surface area contributed by atoms with E-state index in [0.29, 0.717) is 24.5 Å². The monoisotopic (exact) mass is 402 g/mol. The minimum atomic E-state index is -0.158. The molecule has 3 aromatic carbocycles. The van der Waals surface area contributed by atoms with Crippen LogP contribution in [-0.4, -0.2) is 19.2 Å². The molecule has 0 atom stereocenters. The molecule has 0 aliphatic heterocycles. The largest absolute Gasteiger partial charge is 0.493 e. The molecule has 30 heavy (non-hydrogen) atoms. The Hall–Kier alpha value is -3.60. The third-order valence-electron chi connectivity index (χ3n) is 4.68. The van der Waals surface area contributed by atoms with Crippen molar-refractivity contribution in [3.8, 4) is 11.5 Å². The first-order chi connectivity index (χ1) is 14.5. The van der Waals surface area contributed by atoms with E-state index in [1.165, 1.54) is 0 Å². The van der Waals surface area contributed by atoms with Crippen molar-refractivity contribution in [2.24, 2.45) is 5.10 Å². The van der Waals surface area contributed by atoms with Crippen molar-refractivity contribution in [3.63, 3.8) is 0 Å². The molecule has 1 N–H and O–H groups in total. The molecule has 0 aliphatic rings. The Morgan fingerprint density at radius 3 is 2.57 bits per heavy atom. The topological polar surface area (TPSA) is 59.9 Å². The Morgan fingerprint density at radius 1 is 1.00 bits per heavy atom. The number of rotatable bonds is 8. The maximum atomic E-state index is 12.2. The van der Waals surface area contributed by atoms with Crippen LogP contribution in [0.5, 0.6) is 11.5 Å². The van der Waals surface area contributed by atoms with Gasteiger partial charge in [-0.1, -0.05) is 54.1 Å². The highest BCUT2D eigenvalue weighted by atomic mass is 16.5. The second kappa shape index (κ2) is 10.3. The number of hydrogen-bond acceptors (Lipinski definition) is 4. The molecule has 5 nitrogen and oxygen atoms in total. The second-order valence-corrected chi connectivity index (χ2v) is 7.08. The van der Waals surface area contributed by atoms with E-state index < -0.39 is 0 Å². The number of methoxy groups -OCH3 is 1. The van der Waals surface area contributed by atoms with E-state index in [-0.39, 0.29) is 5.91 Å². The number of ether oxygens (including phenoxy) is 2. The number of carbonyl (C=O) groups is 1. The molecule has 1 amide bonds. The highest BCUT2D eigenvalue weighted by Crippen LogP contribution is 2.28. The number of nitrogens with zero attached hydrogens (tertiary/aromatic N) is 1. The summed E-state index contributed by atoms with van der Waals surface area (Å²) >= 11 is 0. The summed E-state index contributed by atoms with van der Waals surface area (Å²) in [6, 6.07) is 21.5. The predicted octanol–water partition coefficient (Wildman–Crippen LogP) is 4.58. The van der Waals surface area contributed by atoms with E-state index in [4.69, 9.17) is 9.47 Å². The van der Waals surface area contributed by atoms with Crippen LogP contribution in [0.15, 0.2) is 71.8 Å². The Kier molecular flexibility index (Phi) is 7.22. The summed E-state index contributed by atoms with van der Waals surface area (Å²) in [6.07, 6.45) is 1.88. The molecule has 0 radical (unpaired) electrons. The third kappa shape index (κ3) is 5.95. The quantitative estimate of drug-likeness (QED) is 0.443. The number of nitrogens with one attached hydrogen (secondary N) is 1. The highest BCUT2D eigenvalue weighted by Gasteiger charge is 2.07. The zero-order valence-electron chi connectivity index (χ0n) is 17.5. The van der Waals surface area contributed by atoms with Gasteiger partial charge in [-0.2, -0.15) is 5.10 Å². The van der Waals surface area contributed by atoms with Gasteiger partial charge in [0.2, 0.25) is 5.91 Å². The Bertz CT molecular complexity index is 1030. The minimum absolute atomic E-state index is 0.158. The fraction of sp³-hybridized carbons (Fsp3) is 0.200. The number of hydrogen-bond donors (Lipinski definition) is 1. The maximum Gasteiger partial charge on any atom is 0.244 e. The van der Waals surface area contributed by atoms with Gasteiger partial charge in [0.1, 0.15) is 6.61 Å². The van der Waals surface area contributed by atoms with Crippen molar-refractivity contribution in [3.05, 3.63) is 94.5 Å². The van der Waals surface area contributed by atoms with Gasteiger partial charge in [0.25, 0.3) is 0 Å². The molecule has 3 rings (SSSR count). The zero-order chi connectivity index (χ0) is 21.3. The van der Waals surface area contributed by atoms with Crippen LogP contribution in [0.25, 0.3) is 0 Å². The second-order valence-electron chi connectivity index (χ2n) is 7.08. The first kappa shape index (κ1) is 21.1. The molecule has 154 valence electrons. The van der Waals surface area contributed by atoms with E-state index in [9.17, 15) is 4.79 Å². The average Bonchev–Trinajstić information content (AvgIpc) is 2.76. The Morgan fingerprint density at radius 2 is 1.80 bits per heavy atom. The molecule has 0 aliphatic carbocycles. The number of benzene rings is 3. The zero-order valence-corrected chi connectivity index (χ0v) is 17.5. The molecule has 0 heterocycles. The van der Waals surface area contributed by atoms with Crippen molar-refractivity contribution < 1.29 is 14.3 Å². The van der Waals surface area contributed by atoms with Crippen molar-refractivity contribution in [1.29, 1.82) is 0 Å². The highest BCUT2D eigenvalue weighted by molar-refractivity contribution is 5.84. The van der Waals surface area contributed by atoms with E-state index in [2.05, 4.69) is 10.5 Å².